The van der Waals surface area contributed by atoms with Gasteiger partial charge >= 0.3 is 18.4 Å². The molecule has 0 saturated carbocycles. The molecule has 0 aliphatic carbocycles. The van der Waals surface area contributed by atoms with E-state index in [9.17, 15) is 27.9 Å². The molecule has 2 unspecified atom stereocenters. The number of aliphatic hydroxyl groups excluding tert-OH is 1. The molecule has 166 valence electrons. The summed E-state index contributed by atoms with van der Waals surface area (Å²) in [6.07, 6.45) is -5.31. The normalized spacial score (nSPS) is 23.2. The van der Waals surface area contributed by atoms with Gasteiger partial charge in [0.2, 0.25) is 0 Å². The van der Waals surface area contributed by atoms with Gasteiger partial charge in [0.25, 0.3) is 0 Å². The highest BCUT2D eigenvalue weighted by Crippen LogP contribution is 2.34. The van der Waals surface area contributed by atoms with Gasteiger partial charge in [-0.1, -0.05) is 18.2 Å². The number of carbonyl (C=O) groups is 2. The predicted molar refractivity (Wildman–Crippen MR) is 99.9 cm³/mol. The Morgan fingerprint density at radius 1 is 1.13 bits per heavy atom. The molecule has 1 N–H and O–H groups in total. The Bertz CT molecular complexity index is 765. The Morgan fingerprint density at radius 2 is 1.83 bits per heavy atom. The highest BCUT2D eigenvalue weighted by molar-refractivity contribution is 5.75. The molecule has 0 bridgehead atoms. The van der Waals surface area contributed by atoms with Crippen molar-refractivity contribution >= 4 is 12.2 Å². The minimum Gasteiger partial charge on any atom is -0.438 e. The molecular formula is C20H25F3N2O5. The van der Waals surface area contributed by atoms with E-state index in [0.717, 1.165) is 19.2 Å². The van der Waals surface area contributed by atoms with Crippen LogP contribution in [0, 0.1) is 0 Å². The molecule has 2 saturated heterocycles. The van der Waals surface area contributed by atoms with Gasteiger partial charge in [-0.3, -0.25) is 0 Å². The summed E-state index contributed by atoms with van der Waals surface area (Å²) < 4.78 is 49.2. The lowest BCUT2D eigenvalue weighted by Crippen LogP contribution is -2.53. The van der Waals surface area contributed by atoms with Crippen LogP contribution >= 0.6 is 0 Å². The van der Waals surface area contributed by atoms with Crippen LogP contribution < -0.4 is 0 Å². The van der Waals surface area contributed by atoms with E-state index in [1.165, 1.54) is 11.0 Å². The quantitative estimate of drug-likeness (QED) is 0.729. The molecule has 1 aromatic rings. The number of likely N-dealkylation sites (tertiary alicyclic amines) is 2. The SMILES string of the molecule is COC(=O)OC1CC(c2cccc(C(F)(F)F)c2)CN(C(=O)N2CCC(O)CC2)C1. The van der Waals surface area contributed by atoms with E-state index >= 15 is 0 Å². The van der Waals surface area contributed by atoms with E-state index in [-0.39, 0.29) is 25.5 Å². The number of urea groups is 1. The standard InChI is InChI=1S/C20H25F3N2O5/c1-29-19(28)30-17-10-14(13-3-2-4-15(9-13)20(21,22)23)11-25(12-17)18(27)24-7-5-16(26)6-8-24/h2-4,9,14,16-17,26H,5-8,10-12H2,1H3. The van der Waals surface area contributed by atoms with E-state index in [1.54, 1.807) is 11.0 Å². The number of methoxy groups -OCH3 is 1. The molecule has 10 heteroatoms. The lowest BCUT2D eigenvalue weighted by Gasteiger charge is -2.41. The van der Waals surface area contributed by atoms with Crippen molar-refractivity contribution in [1.29, 1.82) is 0 Å². The van der Waals surface area contributed by atoms with E-state index in [1.807, 2.05) is 0 Å². The lowest BCUT2D eigenvalue weighted by atomic mass is 9.88. The second kappa shape index (κ2) is 9.11. The summed E-state index contributed by atoms with van der Waals surface area (Å²) in [7, 11) is 1.16. The van der Waals surface area contributed by atoms with Crippen molar-refractivity contribution < 1.29 is 37.3 Å². The third kappa shape index (κ3) is 5.35. The fraction of sp³-hybridized carbons (Fsp3) is 0.600. The van der Waals surface area contributed by atoms with Crippen molar-refractivity contribution in [3.05, 3.63) is 35.4 Å². The molecule has 30 heavy (non-hydrogen) atoms. The molecule has 2 aliphatic rings. The van der Waals surface area contributed by atoms with Gasteiger partial charge in [-0.25, -0.2) is 9.59 Å². The number of ether oxygens (including phenoxy) is 2. The average molecular weight is 430 g/mol. The van der Waals surface area contributed by atoms with Gasteiger partial charge < -0.3 is 24.4 Å². The van der Waals surface area contributed by atoms with Crippen LogP contribution in [-0.4, -0.2) is 72.6 Å². The second-order valence-corrected chi connectivity index (χ2v) is 7.66. The molecule has 0 aromatic heterocycles. The van der Waals surface area contributed by atoms with E-state index in [2.05, 4.69) is 4.74 Å². The number of carbonyl (C=O) groups excluding carboxylic acids is 2. The van der Waals surface area contributed by atoms with Gasteiger partial charge in [-0.2, -0.15) is 13.2 Å². The van der Waals surface area contributed by atoms with Crippen LogP contribution in [0.15, 0.2) is 24.3 Å². The molecule has 0 spiro atoms. The topological polar surface area (TPSA) is 79.3 Å². The average Bonchev–Trinajstić information content (AvgIpc) is 2.73. The first-order valence-corrected chi connectivity index (χ1v) is 9.81. The minimum absolute atomic E-state index is 0.127. The fourth-order valence-corrected chi connectivity index (χ4v) is 3.95. The van der Waals surface area contributed by atoms with Crippen LogP contribution in [0.4, 0.5) is 22.8 Å². The molecular weight excluding hydrogens is 405 g/mol. The third-order valence-electron chi connectivity index (χ3n) is 5.53. The Labute approximate surface area is 172 Å². The van der Waals surface area contributed by atoms with E-state index in [0.29, 0.717) is 31.5 Å². The number of alkyl halides is 3. The number of aliphatic hydroxyl groups is 1. The first-order valence-electron chi connectivity index (χ1n) is 9.81. The highest BCUT2D eigenvalue weighted by Gasteiger charge is 2.37. The van der Waals surface area contributed by atoms with Crippen LogP contribution in [0.25, 0.3) is 0 Å². The van der Waals surface area contributed by atoms with E-state index < -0.39 is 36.0 Å². The number of rotatable bonds is 2. The van der Waals surface area contributed by atoms with Crippen molar-refractivity contribution in [2.45, 2.75) is 43.6 Å². The lowest BCUT2D eigenvalue weighted by molar-refractivity contribution is -0.137. The number of piperidine rings is 2. The smallest absolute Gasteiger partial charge is 0.438 e. The summed E-state index contributed by atoms with van der Waals surface area (Å²) in [6.45, 7) is 1.13. The molecule has 2 atom stereocenters. The molecule has 2 fully saturated rings. The minimum atomic E-state index is -4.48. The van der Waals surface area contributed by atoms with Crippen molar-refractivity contribution in [2.24, 2.45) is 0 Å². The molecule has 0 radical (unpaired) electrons. The maximum atomic E-state index is 13.1. The van der Waals surface area contributed by atoms with Gasteiger partial charge in [0.15, 0.2) is 0 Å². The first kappa shape index (κ1) is 22.2. The molecule has 2 aliphatic heterocycles. The zero-order valence-electron chi connectivity index (χ0n) is 16.6. The molecule has 7 nitrogen and oxygen atoms in total. The summed E-state index contributed by atoms with van der Waals surface area (Å²) in [4.78, 5) is 27.7. The summed E-state index contributed by atoms with van der Waals surface area (Å²) in [6, 6.07) is 4.71. The Morgan fingerprint density at radius 3 is 2.47 bits per heavy atom. The van der Waals surface area contributed by atoms with Crippen LogP contribution in [-0.2, 0) is 15.7 Å². The largest absolute Gasteiger partial charge is 0.508 e. The summed E-state index contributed by atoms with van der Waals surface area (Å²) in [5.74, 6) is -0.435. The Hall–Kier alpha value is -2.49. The maximum absolute atomic E-state index is 13.1. The van der Waals surface area contributed by atoms with Crippen LogP contribution in [0.3, 0.4) is 0 Å². The number of halogens is 3. The predicted octanol–water partition coefficient (Wildman–Crippen LogP) is 3.22. The molecule has 3 rings (SSSR count). The maximum Gasteiger partial charge on any atom is 0.508 e. The Balaban J connectivity index is 1.80. The van der Waals surface area contributed by atoms with E-state index in [4.69, 9.17) is 4.74 Å². The van der Waals surface area contributed by atoms with Crippen molar-refractivity contribution in [3.63, 3.8) is 0 Å². The number of hydrogen-bond acceptors (Lipinski definition) is 5. The molecule has 1 aromatic carbocycles. The zero-order valence-corrected chi connectivity index (χ0v) is 16.6. The zero-order chi connectivity index (χ0) is 21.9. The highest BCUT2D eigenvalue weighted by atomic mass is 19.4. The number of nitrogens with zero attached hydrogens (tertiary/aromatic N) is 2. The monoisotopic (exact) mass is 430 g/mol. The second-order valence-electron chi connectivity index (χ2n) is 7.66. The van der Waals surface area contributed by atoms with Crippen molar-refractivity contribution in [1.82, 2.24) is 9.80 Å². The number of hydrogen-bond donors (Lipinski definition) is 1. The molecule has 2 amide bonds. The van der Waals surface area contributed by atoms with Crippen molar-refractivity contribution in [2.75, 3.05) is 33.3 Å². The Kier molecular flexibility index (Phi) is 6.74. The summed E-state index contributed by atoms with van der Waals surface area (Å²) >= 11 is 0. The van der Waals surface area contributed by atoms with Crippen LogP contribution in [0.1, 0.15) is 36.3 Å². The fourth-order valence-electron chi connectivity index (χ4n) is 3.95. The van der Waals surface area contributed by atoms with Gasteiger partial charge in [0, 0.05) is 25.6 Å². The van der Waals surface area contributed by atoms with Crippen molar-refractivity contribution in [3.8, 4) is 0 Å². The summed E-state index contributed by atoms with van der Waals surface area (Å²) in [5.41, 5.74) is -0.339. The van der Waals surface area contributed by atoms with Gasteiger partial charge in [-0.05, 0) is 30.9 Å². The summed E-state index contributed by atoms with van der Waals surface area (Å²) in [5, 5.41) is 9.65. The van der Waals surface area contributed by atoms with Gasteiger partial charge in [0.05, 0.1) is 25.3 Å². The van der Waals surface area contributed by atoms with Crippen LogP contribution in [0.2, 0.25) is 0 Å². The third-order valence-corrected chi connectivity index (χ3v) is 5.53. The number of amides is 2. The van der Waals surface area contributed by atoms with Gasteiger partial charge in [0.1, 0.15) is 6.10 Å². The number of benzene rings is 1. The molecule has 2 heterocycles. The van der Waals surface area contributed by atoms with Crippen LogP contribution in [0.5, 0.6) is 0 Å². The first-order chi connectivity index (χ1) is 14.2. The van der Waals surface area contributed by atoms with Gasteiger partial charge in [-0.15, -0.1) is 0 Å².